The van der Waals surface area contributed by atoms with E-state index in [9.17, 15) is 4.79 Å². The minimum Gasteiger partial charge on any atom is -1.00 e. The first-order valence-corrected chi connectivity index (χ1v) is 8.82. The second kappa shape index (κ2) is 8.31. The Morgan fingerprint density at radius 1 is 0.889 bits per heavy atom. The average molecular weight is 422 g/mol. The third-order valence-electron chi connectivity index (χ3n) is 4.59. The fraction of sp³-hybridized carbons (Fsp3) is 0.130. The molecule has 0 N–H and O–H groups in total. The first kappa shape index (κ1) is 19.1. The van der Waals surface area contributed by atoms with E-state index in [-0.39, 0.29) is 22.8 Å². The molecule has 0 unspecified atom stereocenters. The van der Waals surface area contributed by atoms with Crippen LogP contribution in [0.1, 0.15) is 17.3 Å². The maximum Gasteiger partial charge on any atom is 0.227 e. The fourth-order valence-electron chi connectivity index (χ4n) is 3.32. The molecule has 0 aliphatic heterocycles. The van der Waals surface area contributed by atoms with Crippen LogP contribution in [-0.2, 0) is 6.54 Å². The van der Waals surface area contributed by atoms with Crippen LogP contribution in [0.5, 0.6) is 5.75 Å². The van der Waals surface area contributed by atoms with E-state index in [1.807, 2.05) is 60.2 Å². The van der Waals surface area contributed by atoms with Crippen molar-refractivity contribution in [1.82, 2.24) is 0 Å². The highest BCUT2D eigenvalue weighted by molar-refractivity contribution is 6.05. The Morgan fingerprint density at radius 2 is 1.63 bits per heavy atom. The first-order valence-electron chi connectivity index (χ1n) is 8.82. The van der Waals surface area contributed by atoms with Crippen molar-refractivity contribution in [2.24, 2.45) is 0 Å². The van der Waals surface area contributed by atoms with Gasteiger partial charge in [-0.15, -0.1) is 0 Å². The number of nitrogens with zero attached hydrogens (tertiary/aromatic N) is 1. The molecule has 0 spiro atoms. The van der Waals surface area contributed by atoms with Gasteiger partial charge < -0.3 is 21.7 Å². The standard InChI is InChI=1S/C23H20NO2.BrH/c1-2-26-19-12-9-18(10-13-19)23(25)16-24-15-5-8-21-20-7-4-3-6-17(20)11-14-22(21)24;/h3-15H,2,16H2,1H3;1H/q+1;/p-1. The monoisotopic (exact) mass is 421 g/mol. The number of halogens is 1. The van der Waals surface area contributed by atoms with E-state index in [0.717, 1.165) is 16.7 Å². The lowest BCUT2D eigenvalue weighted by molar-refractivity contribution is -0.657. The number of ketones is 1. The van der Waals surface area contributed by atoms with Crippen LogP contribution in [0.25, 0.3) is 21.7 Å². The van der Waals surface area contributed by atoms with Crippen molar-refractivity contribution in [2.45, 2.75) is 13.5 Å². The highest BCUT2D eigenvalue weighted by Crippen LogP contribution is 2.23. The smallest absolute Gasteiger partial charge is 0.227 e. The molecule has 0 saturated heterocycles. The van der Waals surface area contributed by atoms with Gasteiger partial charge in [0, 0.05) is 17.7 Å². The predicted molar refractivity (Wildman–Crippen MR) is 104 cm³/mol. The van der Waals surface area contributed by atoms with Crippen molar-refractivity contribution in [2.75, 3.05) is 6.61 Å². The number of hydrogen-bond donors (Lipinski definition) is 0. The number of pyridine rings is 1. The van der Waals surface area contributed by atoms with Gasteiger partial charge in [0.25, 0.3) is 0 Å². The number of fused-ring (bicyclic) bond motifs is 3. The summed E-state index contributed by atoms with van der Waals surface area (Å²) in [5, 5.41) is 3.56. The third kappa shape index (κ3) is 3.86. The summed E-state index contributed by atoms with van der Waals surface area (Å²) in [7, 11) is 0. The molecule has 0 aliphatic rings. The van der Waals surface area contributed by atoms with Crippen LogP contribution in [0.3, 0.4) is 0 Å². The average Bonchev–Trinajstić information content (AvgIpc) is 2.69. The largest absolute Gasteiger partial charge is 1.00 e. The Hall–Kier alpha value is -2.72. The number of ether oxygens (including phenoxy) is 1. The molecule has 4 rings (SSSR count). The van der Waals surface area contributed by atoms with E-state index in [1.165, 1.54) is 10.8 Å². The molecule has 4 heteroatoms. The van der Waals surface area contributed by atoms with E-state index in [2.05, 4.69) is 30.3 Å². The molecule has 0 atom stereocenters. The number of carbonyl (C=O) groups is 1. The van der Waals surface area contributed by atoms with Crippen LogP contribution in [0.4, 0.5) is 0 Å². The van der Waals surface area contributed by atoms with Crippen LogP contribution < -0.4 is 26.3 Å². The SMILES string of the molecule is CCOc1ccc(C(=O)C[n+]2cccc3c4ccccc4ccc32)cc1.[Br-]. The predicted octanol–water partition coefficient (Wildman–Crippen LogP) is 1.57. The second-order valence-electron chi connectivity index (χ2n) is 6.24. The summed E-state index contributed by atoms with van der Waals surface area (Å²) in [6, 6.07) is 24.0. The van der Waals surface area contributed by atoms with E-state index in [4.69, 9.17) is 4.74 Å². The summed E-state index contributed by atoms with van der Waals surface area (Å²) in [6.45, 7) is 2.87. The zero-order valence-corrected chi connectivity index (χ0v) is 16.6. The minimum atomic E-state index is 0. The number of rotatable bonds is 5. The summed E-state index contributed by atoms with van der Waals surface area (Å²) in [6.07, 6.45) is 1.96. The van der Waals surface area contributed by atoms with Gasteiger partial charge >= 0.3 is 0 Å². The van der Waals surface area contributed by atoms with Crippen LogP contribution >= 0.6 is 0 Å². The lowest BCUT2D eigenvalue weighted by Gasteiger charge is -2.06. The molecule has 3 nitrogen and oxygen atoms in total. The van der Waals surface area contributed by atoms with Gasteiger partial charge in [-0.25, -0.2) is 0 Å². The Morgan fingerprint density at radius 3 is 2.41 bits per heavy atom. The lowest BCUT2D eigenvalue weighted by atomic mass is 10.0. The van der Waals surface area contributed by atoms with Gasteiger partial charge in [-0.2, -0.15) is 4.57 Å². The normalized spacial score (nSPS) is 10.6. The number of Topliss-reactive ketones (excluding diaryl/α,β-unsaturated/α-hetero) is 1. The van der Waals surface area contributed by atoms with Crippen molar-refractivity contribution in [3.05, 3.63) is 84.6 Å². The highest BCUT2D eigenvalue weighted by Gasteiger charge is 2.16. The lowest BCUT2D eigenvalue weighted by Crippen LogP contribution is -3.00. The second-order valence-corrected chi connectivity index (χ2v) is 6.24. The van der Waals surface area contributed by atoms with E-state index in [0.29, 0.717) is 18.7 Å². The van der Waals surface area contributed by atoms with E-state index >= 15 is 0 Å². The van der Waals surface area contributed by atoms with Gasteiger partial charge in [0.1, 0.15) is 5.75 Å². The van der Waals surface area contributed by atoms with Crippen molar-refractivity contribution >= 4 is 27.5 Å². The zero-order chi connectivity index (χ0) is 17.9. The van der Waals surface area contributed by atoms with Crippen molar-refractivity contribution in [3.8, 4) is 5.75 Å². The minimum absolute atomic E-state index is 0. The molecule has 27 heavy (non-hydrogen) atoms. The Kier molecular flexibility index (Phi) is 5.87. The number of carbonyl (C=O) groups excluding carboxylic acids is 1. The van der Waals surface area contributed by atoms with Crippen molar-refractivity contribution in [3.63, 3.8) is 0 Å². The van der Waals surface area contributed by atoms with Gasteiger partial charge in [-0.1, -0.05) is 24.3 Å². The molecule has 136 valence electrons. The highest BCUT2D eigenvalue weighted by atomic mass is 79.9. The summed E-state index contributed by atoms with van der Waals surface area (Å²) >= 11 is 0. The maximum atomic E-state index is 12.7. The molecule has 1 aromatic heterocycles. The molecule has 0 aliphatic carbocycles. The van der Waals surface area contributed by atoms with Gasteiger partial charge in [-0.3, -0.25) is 4.79 Å². The van der Waals surface area contributed by atoms with Gasteiger partial charge in [0.15, 0.2) is 6.20 Å². The van der Waals surface area contributed by atoms with E-state index in [1.54, 1.807) is 0 Å². The van der Waals surface area contributed by atoms with Gasteiger partial charge in [-0.05, 0) is 54.1 Å². The Bertz CT molecular complexity index is 1090. The third-order valence-corrected chi connectivity index (χ3v) is 4.59. The van der Waals surface area contributed by atoms with Gasteiger partial charge in [0.2, 0.25) is 17.8 Å². The number of aromatic nitrogens is 1. The van der Waals surface area contributed by atoms with Crippen molar-refractivity contribution < 1.29 is 31.1 Å². The molecule has 0 bridgehead atoms. The molecular formula is C23H20BrNO2. The molecule has 0 amide bonds. The topological polar surface area (TPSA) is 30.2 Å². The molecule has 0 fully saturated rings. The molecule has 4 aromatic rings. The molecule has 0 radical (unpaired) electrons. The summed E-state index contributed by atoms with van der Waals surface area (Å²) in [4.78, 5) is 12.7. The quantitative estimate of drug-likeness (QED) is 0.278. The summed E-state index contributed by atoms with van der Waals surface area (Å²) in [5.74, 6) is 0.868. The molecule has 1 heterocycles. The fourth-order valence-corrected chi connectivity index (χ4v) is 3.32. The first-order chi connectivity index (χ1) is 12.8. The number of hydrogen-bond acceptors (Lipinski definition) is 2. The zero-order valence-electron chi connectivity index (χ0n) is 15.1. The van der Waals surface area contributed by atoms with Crippen molar-refractivity contribution in [1.29, 1.82) is 0 Å². The van der Waals surface area contributed by atoms with Gasteiger partial charge in [0.05, 0.1) is 12.0 Å². The molecule has 0 saturated carbocycles. The Balaban J connectivity index is 0.00000210. The summed E-state index contributed by atoms with van der Waals surface area (Å²) in [5.41, 5.74) is 1.75. The maximum absolute atomic E-state index is 12.7. The van der Waals surface area contributed by atoms with E-state index < -0.39 is 0 Å². The molecular weight excluding hydrogens is 402 g/mol. The Labute approximate surface area is 169 Å². The number of benzene rings is 3. The molecule has 3 aromatic carbocycles. The van der Waals surface area contributed by atoms with Crippen LogP contribution in [0.15, 0.2) is 79.0 Å². The van der Waals surface area contributed by atoms with Crippen LogP contribution in [0, 0.1) is 0 Å². The summed E-state index contributed by atoms with van der Waals surface area (Å²) < 4.78 is 7.46. The van der Waals surface area contributed by atoms with Crippen LogP contribution in [-0.4, -0.2) is 12.4 Å². The van der Waals surface area contributed by atoms with Crippen LogP contribution in [0.2, 0.25) is 0 Å².